The van der Waals surface area contributed by atoms with E-state index in [2.05, 4.69) is 19.2 Å². The molecule has 1 unspecified atom stereocenters. The van der Waals surface area contributed by atoms with Crippen molar-refractivity contribution in [1.82, 2.24) is 5.32 Å². The van der Waals surface area contributed by atoms with Crippen LogP contribution in [0.5, 0.6) is 5.75 Å². The molecule has 0 radical (unpaired) electrons. The summed E-state index contributed by atoms with van der Waals surface area (Å²) >= 11 is 11.7. The van der Waals surface area contributed by atoms with E-state index in [0.29, 0.717) is 36.2 Å². The molecular formula is C14H21Cl2NO3. The molecule has 0 fully saturated rings. The van der Waals surface area contributed by atoms with Crippen molar-refractivity contribution in [3.05, 3.63) is 27.7 Å². The van der Waals surface area contributed by atoms with E-state index in [1.165, 1.54) is 6.07 Å². The van der Waals surface area contributed by atoms with Crippen LogP contribution in [0.2, 0.25) is 10.0 Å². The lowest BCUT2D eigenvalue weighted by atomic mass is 10.2. The normalized spacial score (nSPS) is 12.9. The van der Waals surface area contributed by atoms with Crippen LogP contribution in [0.1, 0.15) is 19.4 Å². The maximum atomic E-state index is 9.77. The number of nitrogens with one attached hydrogen (secondary N) is 1. The average molecular weight is 322 g/mol. The first-order valence-electron chi connectivity index (χ1n) is 6.53. The van der Waals surface area contributed by atoms with Gasteiger partial charge in [0.2, 0.25) is 0 Å². The van der Waals surface area contributed by atoms with Crippen molar-refractivity contribution in [2.24, 2.45) is 5.92 Å². The van der Waals surface area contributed by atoms with Gasteiger partial charge in [0.25, 0.3) is 0 Å². The van der Waals surface area contributed by atoms with E-state index < -0.39 is 6.10 Å². The Morgan fingerprint density at radius 1 is 1.25 bits per heavy atom. The standard InChI is InChI=1S/C14H21Cl2NO3/c1-9(2)7-20-8-12(18)6-17-5-10-3-11(15)4-13(16)14(10)19/h3-4,9,12,17-19H,5-8H2,1-2H3. The SMILES string of the molecule is CC(C)COCC(O)CNCc1cc(Cl)cc(Cl)c1O. The van der Waals surface area contributed by atoms with Gasteiger partial charge >= 0.3 is 0 Å². The van der Waals surface area contributed by atoms with Gasteiger partial charge < -0.3 is 20.3 Å². The molecule has 0 spiro atoms. The minimum Gasteiger partial charge on any atom is -0.506 e. The monoisotopic (exact) mass is 321 g/mol. The number of aliphatic hydroxyl groups is 1. The number of ether oxygens (including phenoxy) is 1. The van der Waals surface area contributed by atoms with Crippen molar-refractivity contribution in [3.63, 3.8) is 0 Å². The number of hydrogen-bond acceptors (Lipinski definition) is 4. The van der Waals surface area contributed by atoms with Crippen molar-refractivity contribution in [3.8, 4) is 5.75 Å². The van der Waals surface area contributed by atoms with Crippen LogP contribution in [-0.4, -0.2) is 36.1 Å². The Bertz CT molecular complexity index is 427. The van der Waals surface area contributed by atoms with Gasteiger partial charge in [-0.05, 0) is 18.1 Å². The highest BCUT2D eigenvalue weighted by atomic mass is 35.5. The molecule has 4 nitrogen and oxygen atoms in total. The van der Waals surface area contributed by atoms with Crippen LogP contribution in [0.4, 0.5) is 0 Å². The van der Waals surface area contributed by atoms with Gasteiger partial charge in [-0.25, -0.2) is 0 Å². The molecule has 0 aliphatic carbocycles. The number of phenolic OH excluding ortho intramolecular Hbond substituents is 1. The van der Waals surface area contributed by atoms with E-state index in [0.717, 1.165) is 0 Å². The molecule has 1 aromatic carbocycles. The first-order chi connectivity index (χ1) is 9.40. The zero-order valence-corrected chi connectivity index (χ0v) is 13.2. The van der Waals surface area contributed by atoms with E-state index in [1.54, 1.807) is 6.07 Å². The second kappa shape index (κ2) is 8.70. The van der Waals surface area contributed by atoms with Gasteiger partial charge in [0, 0.05) is 30.3 Å². The molecule has 1 atom stereocenters. The molecule has 0 heterocycles. The molecule has 0 bridgehead atoms. The molecule has 6 heteroatoms. The van der Waals surface area contributed by atoms with E-state index in [9.17, 15) is 10.2 Å². The third-order valence-electron chi connectivity index (χ3n) is 2.56. The van der Waals surface area contributed by atoms with Crippen LogP contribution in [0, 0.1) is 5.92 Å². The lowest BCUT2D eigenvalue weighted by molar-refractivity contribution is 0.0260. The molecule has 0 aromatic heterocycles. The Morgan fingerprint density at radius 3 is 2.60 bits per heavy atom. The number of benzene rings is 1. The summed E-state index contributed by atoms with van der Waals surface area (Å²) in [6, 6.07) is 3.12. The van der Waals surface area contributed by atoms with Gasteiger partial charge in [0.15, 0.2) is 0 Å². The van der Waals surface area contributed by atoms with E-state index in [-0.39, 0.29) is 17.4 Å². The number of aromatic hydroxyl groups is 1. The number of rotatable bonds is 8. The largest absolute Gasteiger partial charge is 0.506 e. The molecular weight excluding hydrogens is 301 g/mol. The van der Waals surface area contributed by atoms with Crippen molar-refractivity contribution >= 4 is 23.2 Å². The molecule has 0 saturated heterocycles. The Morgan fingerprint density at radius 2 is 1.95 bits per heavy atom. The van der Waals surface area contributed by atoms with E-state index in [1.807, 2.05) is 0 Å². The fourth-order valence-electron chi connectivity index (χ4n) is 1.63. The molecule has 0 amide bonds. The maximum Gasteiger partial charge on any atom is 0.138 e. The fraction of sp³-hybridized carbons (Fsp3) is 0.571. The van der Waals surface area contributed by atoms with Crippen LogP contribution >= 0.6 is 23.2 Å². The summed E-state index contributed by atoms with van der Waals surface area (Å²) < 4.78 is 5.34. The minimum atomic E-state index is -0.592. The van der Waals surface area contributed by atoms with Crippen molar-refractivity contribution in [2.45, 2.75) is 26.5 Å². The maximum absolute atomic E-state index is 9.77. The number of hydrogen-bond donors (Lipinski definition) is 3. The highest BCUT2D eigenvalue weighted by molar-refractivity contribution is 6.35. The summed E-state index contributed by atoms with van der Waals surface area (Å²) in [5.74, 6) is 0.454. The quantitative estimate of drug-likeness (QED) is 0.689. The zero-order valence-electron chi connectivity index (χ0n) is 11.7. The van der Waals surface area contributed by atoms with Crippen LogP contribution in [-0.2, 0) is 11.3 Å². The predicted octanol–water partition coefficient (Wildman–Crippen LogP) is 2.82. The first kappa shape index (κ1) is 17.5. The molecule has 1 aromatic rings. The van der Waals surface area contributed by atoms with Crippen molar-refractivity contribution < 1.29 is 14.9 Å². The Kier molecular flexibility index (Phi) is 7.62. The Balaban J connectivity index is 2.33. The second-order valence-corrected chi connectivity index (χ2v) is 5.96. The highest BCUT2D eigenvalue weighted by Crippen LogP contribution is 2.30. The van der Waals surface area contributed by atoms with Crippen LogP contribution in [0.15, 0.2) is 12.1 Å². The lowest BCUT2D eigenvalue weighted by Crippen LogP contribution is -2.30. The topological polar surface area (TPSA) is 61.7 Å². The smallest absolute Gasteiger partial charge is 0.138 e. The van der Waals surface area contributed by atoms with Gasteiger partial charge in [-0.3, -0.25) is 0 Å². The van der Waals surface area contributed by atoms with Crippen LogP contribution in [0.25, 0.3) is 0 Å². The summed E-state index contributed by atoms with van der Waals surface area (Å²) in [5.41, 5.74) is 0.595. The third kappa shape index (κ3) is 6.29. The second-order valence-electron chi connectivity index (χ2n) is 5.11. The summed E-state index contributed by atoms with van der Waals surface area (Å²) in [6.07, 6.45) is -0.592. The summed E-state index contributed by atoms with van der Waals surface area (Å²) in [6.45, 7) is 5.75. The molecule has 20 heavy (non-hydrogen) atoms. The molecule has 1 rings (SSSR count). The van der Waals surface area contributed by atoms with E-state index in [4.69, 9.17) is 27.9 Å². The van der Waals surface area contributed by atoms with Crippen LogP contribution < -0.4 is 5.32 Å². The molecule has 114 valence electrons. The number of phenols is 1. The van der Waals surface area contributed by atoms with Gasteiger partial charge in [-0.15, -0.1) is 0 Å². The minimum absolute atomic E-state index is 0.00844. The van der Waals surface area contributed by atoms with Gasteiger partial charge in [0.05, 0.1) is 17.7 Å². The average Bonchev–Trinajstić information content (AvgIpc) is 2.34. The van der Waals surface area contributed by atoms with Crippen molar-refractivity contribution in [2.75, 3.05) is 19.8 Å². The van der Waals surface area contributed by atoms with E-state index >= 15 is 0 Å². The zero-order chi connectivity index (χ0) is 15.1. The van der Waals surface area contributed by atoms with Crippen molar-refractivity contribution in [1.29, 1.82) is 0 Å². The molecule has 3 N–H and O–H groups in total. The highest BCUT2D eigenvalue weighted by Gasteiger charge is 2.09. The summed E-state index contributed by atoms with van der Waals surface area (Å²) in [4.78, 5) is 0. The lowest BCUT2D eigenvalue weighted by Gasteiger charge is -2.14. The summed E-state index contributed by atoms with van der Waals surface area (Å²) in [5, 5.41) is 23.2. The third-order valence-corrected chi connectivity index (χ3v) is 3.07. The number of aliphatic hydroxyl groups excluding tert-OH is 1. The predicted molar refractivity (Wildman–Crippen MR) is 81.5 cm³/mol. The fourth-order valence-corrected chi connectivity index (χ4v) is 2.16. The Labute approximate surface area is 129 Å². The van der Waals surface area contributed by atoms with Gasteiger partial charge in [0.1, 0.15) is 5.75 Å². The van der Waals surface area contributed by atoms with Gasteiger partial charge in [-0.1, -0.05) is 37.0 Å². The van der Waals surface area contributed by atoms with Crippen LogP contribution in [0.3, 0.4) is 0 Å². The molecule has 0 saturated carbocycles. The molecule has 0 aliphatic heterocycles. The van der Waals surface area contributed by atoms with Gasteiger partial charge in [-0.2, -0.15) is 0 Å². The number of halogens is 2. The Hall–Kier alpha value is -0.520. The molecule has 0 aliphatic rings. The first-order valence-corrected chi connectivity index (χ1v) is 7.29. The summed E-state index contributed by atoms with van der Waals surface area (Å²) in [7, 11) is 0.